The van der Waals surface area contributed by atoms with E-state index in [0.29, 0.717) is 0 Å². The van der Waals surface area contributed by atoms with Crippen molar-refractivity contribution in [1.29, 1.82) is 0 Å². The van der Waals surface area contributed by atoms with Crippen LogP contribution in [0.1, 0.15) is 22.3 Å². The van der Waals surface area contributed by atoms with Crippen molar-refractivity contribution >= 4 is 73.2 Å². The maximum atomic E-state index is 5.39. The zero-order valence-electron chi connectivity index (χ0n) is 21.5. The minimum atomic E-state index is 0.834. The predicted molar refractivity (Wildman–Crippen MR) is 174 cm³/mol. The van der Waals surface area contributed by atoms with E-state index in [1.54, 1.807) is 7.11 Å². The monoisotopic (exact) mass is 635 g/mol. The molecule has 0 fully saturated rings. The second-order valence-electron chi connectivity index (χ2n) is 8.99. The van der Waals surface area contributed by atoms with Crippen LogP contribution in [0.4, 0.5) is 17.1 Å². The van der Waals surface area contributed by atoms with Crippen molar-refractivity contribution in [1.82, 2.24) is 0 Å². The number of nitrogens with zero attached hydrogens (tertiary/aromatic N) is 1. The van der Waals surface area contributed by atoms with Crippen molar-refractivity contribution in [2.75, 3.05) is 12.0 Å². The van der Waals surface area contributed by atoms with Gasteiger partial charge < -0.3 is 9.64 Å². The Morgan fingerprint density at radius 2 is 0.718 bits per heavy atom. The summed E-state index contributed by atoms with van der Waals surface area (Å²) in [6.45, 7) is 0. The van der Waals surface area contributed by atoms with Gasteiger partial charge in [0.05, 0.1) is 7.11 Å². The minimum absolute atomic E-state index is 0.834. The Labute approximate surface area is 247 Å². The summed E-state index contributed by atoms with van der Waals surface area (Å²) in [5.74, 6) is 0.834. The fourth-order valence-corrected chi connectivity index (χ4v) is 4.71. The lowest BCUT2D eigenvalue weighted by atomic mass is 10.1. The van der Waals surface area contributed by atoms with E-state index in [0.717, 1.165) is 54.0 Å². The summed E-state index contributed by atoms with van der Waals surface area (Å²) >= 11 is 6.98. The number of halogens is 2. The van der Waals surface area contributed by atoms with Crippen LogP contribution >= 0.6 is 31.9 Å². The molecule has 0 unspecified atom stereocenters. The summed E-state index contributed by atoms with van der Waals surface area (Å²) in [6, 6.07) is 42.0. The van der Waals surface area contributed by atoms with Crippen LogP contribution in [0.15, 0.2) is 130 Å². The molecular formula is C35H27Br2NO. The summed E-state index contributed by atoms with van der Waals surface area (Å²) in [5.41, 5.74) is 7.84. The van der Waals surface area contributed by atoms with Crippen molar-refractivity contribution in [3.05, 3.63) is 153 Å². The van der Waals surface area contributed by atoms with Gasteiger partial charge in [-0.05, 0) is 95.1 Å². The molecule has 0 aliphatic heterocycles. The van der Waals surface area contributed by atoms with E-state index in [4.69, 9.17) is 4.74 Å². The average molecular weight is 637 g/mol. The first-order valence-corrected chi connectivity index (χ1v) is 14.2. The Hall–Kier alpha value is -3.86. The highest BCUT2D eigenvalue weighted by molar-refractivity contribution is 9.10. The minimum Gasteiger partial charge on any atom is -0.497 e. The predicted octanol–water partition coefficient (Wildman–Crippen LogP) is 11.0. The Morgan fingerprint density at radius 1 is 0.436 bits per heavy atom. The number of rotatable bonds is 8. The van der Waals surface area contributed by atoms with Gasteiger partial charge >= 0.3 is 0 Å². The van der Waals surface area contributed by atoms with E-state index in [9.17, 15) is 0 Å². The van der Waals surface area contributed by atoms with Crippen LogP contribution in [-0.4, -0.2) is 7.11 Å². The molecule has 192 valence electrons. The van der Waals surface area contributed by atoms with E-state index < -0.39 is 0 Å². The van der Waals surface area contributed by atoms with Crippen LogP contribution in [-0.2, 0) is 0 Å². The zero-order valence-corrected chi connectivity index (χ0v) is 24.6. The quantitative estimate of drug-likeness (QED) is 0.157. The van der Waals surface area contributed by atoms with Gasteiger partial charge in [-0.15, -0.1) is 0 Å². The maximum absolute atomic E-state index is 5.39. The average Bonchev–Trinajstić information content (AvgIpc) is 2.98. The molecule has 0 N–H and O–H groups in total. The Bertz CT molecular complexity index is 1450. The molecule has 5 aromatic carbocycles. The molecule has 0 aliphatic rings. The molecule has 0 bridgehead atoms. The van der Waals surface area contributed by atoms with Crippen LogP contribution in [0, 0.1) is 0 Å². The zero-order chi connectivity index (χ0) is 27.0. The summed E-state index contributed by atoms with van der Waals surface area (Å²) < 4.78 is 7.55. The van der Waals surface area contributed by atoms with Gasteiger partial charge in [0.25, 0.3) is 0 Å². The molecule has 0 aromatic heterocycles. The van der Waals surface area contributed by atoms with Crippen molar-refractivity contribution in [2.24, 2.45) is 0 Å². The lowest BCUT2D eigenvalue weighted by Crippen LogP contribution is -2.09. The van der Waals surface area contributed by atoms with Gasteiger partial charge in [0, 0.05) is 26.0 Å². The number of methoxy groups -OCH3 is 1. The molecule has 0 radical (unpaired) electrons. The van der Waals surface area contributed by atoms with E-state index in [1.165, 1.54) is 0 Å². The highest BCUT2D eigenvalue weighted by Gasteiger charge is 2.12. The molecule has 0 aliphatic carbocycles. The smallest absolute Gasteiger partial charge is 0.119 e. The molecule has 0 saturated heterocycles. The number of hydrogen-bond acceptors (Lipinski definition) is 2. The third kappa shape index (κ3) is 7.17. The number of ether oxygens (including phenoxy) is 1. The van der Waals surface area contributed by atoms with E-state index in [2.05, 4.69) is 170 Å². The third-order valence-electron chi connectivity index (χ3n) is 6.31. The molecule has 5 aromatic rings. The molecule has 0 atom stereocenters. The van der Waals surface area contributed by atoms with E-state index >= 15 is 0 Å². The first-order chi connectivity index (χ1) is 19.1. The van der Waals surface area contributed by atoms with Crippen molar-refractivity contribution in [3.8, 4) is 5.75 Å². The second kappa shape index (κ2) is 12.8. The Balaban J connectivity index is 1.41. The third-order valence-corrected chi connectivity index (χ3v) is 7.37. The number of benzene rings is 5. The molecule has 39 heavy (non-hydrogen) atoms. The molecule has 0 heterocycles. The standard InChI is InChI=1S/C35H27Br2NO/c1-39-35-24-22-34(23-25-35)38(32-18-10-28(11-19-32)4-2-26-6-14-30(36)15-7-26)33-20-12-29(13-21-33)5-3-27-8-16-31(37)17-9-27/h2-25H,1H3/b4-2+,5-3+. The summed E-state index contributed by atoms with van der Waals surface area (Å²) in [4.78, 5) is 2.25. The Morgan fingerprint density at radius 3 is 1.03 bits per heavy atom. The topological polar surface area (TPSA) is 12.5 Å². The molecular weight excluding hydrogens is 610 g/mol. The molecule has 5 rings (SSSR count). The van der Waals surface area contributed by atoms with Gasteiger partial charge in [0.1, 0.15) is 5.75 Å². The molecule has 0 spiro atoms. The normalized spacial score (nSPS) is 11.3. The number of hydrogen-bond donors (Lipinski definition) is 0. The van der Waals surface area contributed by atoms with Crippen molar-refractivity contribution < 1.29 is 4.74 Å². The van der Waals surface area contributed by atoms with E-state index in [-0.39, 0.29) is 0 Å². The van der Waals surface area contributed by atoms with Gasteiger partial charge in [-0.2, -0.15) is 0 Å². The molecule has 0 saturated carbocycles. The largest absolute Gasteiger partial charge is 0.497 e. The summed E-state index contributed by atoms with van der Waals surface area (Å²) in [7, 11) is 1.69. The van der Waals surface area contributed by atoms with Crippen LogP contribution < -0.4 is 9.64 Å². The van der Waals surface area contributed by atoms with Crippen molar-refractivity contribution in [3.63, 3.8) is 0 Å². The van der Waals surface area contributed by atoms with Crippen LogP contribution in [0.25, 0.3) is 24.3 Å². The first-order valence-electron chi connectivity index (χ1n) is 12.6. The molecule has 2 nitrogen and oxygen atoms in total. The highest BCUT2D eigenvalue weighted by Crippen LogP contribution is 2.35. The van der Waals surface area contributed by atoms with Crippen molar-refractivity contribution in [2.45, 2.75) is 0 Å². The van der Waals surface area contributed by atoms with Crippen LogP contribution in [0.5, 0.6) is 5.75 Å². The van der Waals surface area contributed by atoms with Crippen LogP contribution in [0.3, 0.4) is 0 Å². The summed E-state index contributed by atoms with van der Waals surface area (Å²) in [5, 5.41) is 0. The van der Waals surface area contributed by atoms with Gasteiger partial charge in [0.15, 0.2) is 0 Å². The molecule has 0 amide bonds. The molecule has 4 heteroatoms. The SMILES string of the molecule is COc1ccc(N(c2ccc(/C=C/c3ccc(Br)cc3)cc2)c2ccc(/C=C/c3ccc(Br)cc3)cc2)cc1. The van der Waals surface area contributed by atoms with Crippen LogP contribution in [0.2, 0.25) is 0 Å². The van der Waals surface area contributed by atoms with Gasteiger partial charge in [-0.1, -0.05) is 105 Å². The van der Waals surface area contributed by atoms with E-state index in [1.807, 2.05) is 12.1 Å². The van der Waals surface area contributed by atoms with Gasteiger partial charge in [-0.3, -0.25) is 0 Å². The Kier molecular flexibility index (Phi) is 8.77. The second-order valence-corrected chi connectivity index (χ2v) is 10.8. The lowest BCUT2D eigenvalue weighted by Gasteiger charge is -2.26. The highest BCUT2D eigenvalue weighted by atomic mass is 79.9. The lowest BCUT2D eigenvalue weighted by molar-refractivity contribution is 0.415. The number of anilines is 3. The maximum Gasteiger partial charge on any atom is 0.119 e. The van der Waals surface area contributed by atoms with Gasteiger partial charge in [-0.25, -0.2) is 0 Å². The fraction of sp³-hybridized carbons (Fsp3) is 0.0286. The summed E-state index contributed by atoms with van der Waals surface area (Å²) in [6.07, 6.45) is 8.53. The first kappa shape index (κ1) is 26.7. The fourth-order valence-electron chi connectivity index (χ4n) is 4.18. The van der Waals surface area contributed by atoms with Gasteiger partial charge in [0.2, 0.25) is 0 Å².